The zero-order valence-corrected chi connectivity index (χ0v) is 26.9. The molecule has 2 fully saturated rings. The Kier molecular flexibility index (Phi) is 9.46. The van der Waals surface area contributed by atoms with Crippen molar-refractivity contribution in [1.82, 2.24) is 5.32 Å². The lowest BCUT2D eigenvalue weighted by molar-refractivity contribution is -0.114. The van der Waals surface area contributed by atoms with Gasteiger partial charge >= 0.3 is 0 Å². The molecule has 2 aromatic carbocycles. The minimum Gasteiger partial charge on any atom is -0.491 e. The van der Waals surface area contributed by atoms with Gasteiger partial charge in [-0.1, -0.05) is 58.9 Å². The van der Waals surface area contributed by atoms with Gasteiger partial charge in [-0.3, -0.25) is 9.79 Å². The van der Waals surface area contributed by atoms with Crippen LogP contribution in [0, 0.1) is 40.7 Å². The van der Waals surface area contributed by atoms with Gasteiger partial charge in [0.05, 0.1) is 12.6 Å². The molecule has 234 valence electrons. The second-order valence-corrected chi connectivity index (χ2v) is 14.5. The average Bonchev–Trinajstić information content (AvgIpc) is 3.81. The fourth-order valence-corrected chi connectivity index (χ4v) is 7.97. The van der Waals surface area contributed by atoms with Crippen LogP contribution < -0.4 is 10.1 Å². The van der Waals surface area contributed by atoms with Crippen LogP contribution in [0.5, 0.6) is 5.75 Å². The predicted octanol–water partition coefficient (Wildman–Crippen LogP) is 8.66. The molecule has 1 aliphatic heterocycles. The molecule has 1 heterocycles. The number of nitrogens with one attached hydrogen (secondary N) is 1. The van der Waals surface area contributed by atoms with Gasteiger partial charge in [0, 0.05) is 18.5 Å². The Morgan fingerprint density at radius 2 is 1.67 bits per heavy atom. The van der Waals surface area contributed by atoms with E-state index in [0.29, 0.717) is 18.3 Å². The van der Waals surface area contributed by atoms with Gasteiger partial charge in [-0.05, 0) is 110 Å². The largest absolute Gasteiger partial charge is 0.491 e. The number of ketones is 1. The van der Waals surface area contributed by atoms with E-state index >= 15 is 0 Å². The van der Waals surface area contributed by atoms with Gasteiger partial charge < -0.3 is 10.1 Å². The zero-order valence-electron chi connectivity index (χ0n) is 26.9. The van der Waals surface area contributed by atoms with Crippen LogP contribution >= 0.6 is 0 Å². The van der Waals surface area contributed by atoms with Crippen LogP contribution in [0.4, 0.5) is 8.78 Å². The first-order valence-corrected chi connectivity index (χ1v) is 16.4. The van der Waals surface area contributed by atoms with Crippen molar-refractivity contribution < 1.29 is 18.3 Å². The number of carbonyl (C=O) groups excluding carboxylic acids is 1. The summed E-state index contributed by atoms with van der Waals surface area (Å²) in [5.74, 6) is -0.527. The number of hydrogen-bond acceptors (Lipinski definition) is 4. The van der Waals surface area contributed by atoms with Crippen LogP contribution in [0.15, 0.2) is 41.4 Å². The highest BCUT2D eigenvalue weighted by molar-refractivity contribution is 6.46. The van der Waals surface area contributed by atoms with Crippen molar-refractivity contribution in [1.29, 1.82) is 0 Å². The Morgan fingerprint density at radius 1 is 1.05 bits per heavy atom. The van der Waals surface area contributed by atoms with Crippen molar-refractivity contribution in [2.75, 3.05) is 13.7 Å². The van der Waals surface area contributed by atoms with Crippen molar-refractivity contribution in [3.05, 3.63) is 64.7 Å². The maximum atomic E-state index is 14.9. The Hall–Kier alpha value is -2.60. The van der Waals surface area contributed by atoms with Gasteiger partial charge in [0.1, 0.15) is 5.71 Å². The summed E-state index contributed by atoms with van der Waals surface area (Å²) in [7, 11) is 1.25. The molecule has 5 rings (SSSR count). The van der Waals surface area contributed by atoms with E-state index in [4.69, 9.17) is 9.73 Å². The third-order valence-corrected chi connectivity index (χ3v) is 10.8. The normalized spacial score (nSPS) is 27.1. The Balaban J connectivity index is 1.54. The summed E-state index contributed by atoms with van der Waals surface area (Å²) in [5.41, 5.74) is 2.77. The molecule has 2 saturated carbocycles. The number of nitrogens with zero attached hydrogens (tertiary/aromatic N) is 1. The van der Waals surface area contributed by atoms with Crippen LogP contribution in [0.3, 0.4) is 0 Å². The third-order valence-electron chi connectivity index (χ3n) is 10.8. The lowest BCUT2D eigenvalue weighted by atomic mass is 9.60. The number of Topliss-reactive ketones (excluding diaryl/α,β-unsaturated/α-hetero) is 1. The molecule has 2 aromatic rings. The molecule has 0 radical (unpaired) electrons. The Labute approximate surface area is 257 Å². The number of carbonyl (C=O) groups is 1. The fourth-order valence-electron chi connectivity index (χ4n) is 7.97. The van der Waals surface area contributed by atoms with E-state index in [2.05, 4.69) is 64.2 Å². The summed E-state index contributed by atoms with van der Waals surface area (Å²) in [6, 6.07) is 11.4. The molecule has 0 bridgehead atoms. The van der Waals surface area contributed by atoms with E-state index in [1.807, 2.05) is 0 Å². The van der Waals surface area contributed by atoms with Crippen molar-refractivity contribution in [3.63, 3.8) is 0 Å². The highest BCUT2D eigenvalue weighted by Gasteiger charge is 2.51. The number of methoxy groups -OCH3 is 1. The lowest BCUT2D eigenvalue weighted by Gasteiger charge is -2.47. The molecular weight excluding hydrogens is 542 g/mol. The van der Waals surface area contributed by atoms with Crippen LogP contribution in [0.25, 0.3) is 0 Å². The molecule has 4 nitrogen and oxygen atoms in total. The molecule has 1 N–H and O–H groups in total. The summed E-state index contributed by atoms with van der Waals surface area (Å²) in [4.78, 5) is 19.5. The smallest absolute Gasteiger partial charge is 0.190 e. The van der Waals surface area contributed by atoms with E-state index in [1.165, 1.54) is 43.2 Å². The molecule has 1 spiro atoms. The summed E-state index contributed by atoms with van der Waals surface area (Å²) >= 11 is 0. The third kappa shape index (κ3) is 6.74. The first-order valence-electron chi connectivity index (χ1n) is 16.4. The first kappa shape index (κ1) is 31.8. The molecule has 0 saturated heterocycles. The van der Waals surface area contributed by atoms with E-state index in [1.54, 1.807) is 0 Å². The highest BCUT2D eigenvalue weighted by Crippen LogP contribution is 2.56. The second kappa shape index (κ2) is 12.8. The number of aliphatic imine (C=N–C) groups is 1. The molecule has 2 aliphatic carbocycles. The minimum atomic E-state index is -0.809. The van der Waals surface area contributed by atoms with Crippen molar-refractivity contribution in [2.45, 2.75) is 104 Å². The molecule has 0 amide bonds. The van der Waals surface area contributed by atoms with Crippen LogP contribution in [0.1, 0.15) is 109 Å². The molecule has 3 unspecified atom stereocenters. The van der Waals surface area contributed by atoms with Gasteiger partial charge in [0.25, 0.3) is 0 Å². The monoisotopic (exact) mass is 592 g/mol. The standard InChI is InChI=1S/C37H50F2N2O2/c1-7-18-40-22-24-8-10-25(11-9-24)33(26-12-13-26)29-21-32(42)34(27-19-30(38)35(43-6)31(39)20-27)41-37(23(29)2)16-14-28(15-17-37)36(3,4)5/h8-11,19-20,23,26,28-29,33,40H,7,12-18,21-22H2,1-6H3. The Morgan fingerprint density at radius 3 is 2.21 bits per heavy atom. The maximum absolute atomic E-state index is 14.9. The van der Waals surface area contributed by atoms with Gasteiger partial charge in [-0.2, -0.15) is 0 Å². The average molecular weight is 593 g/mol. The summed E-state index contributed by atoms with van der Waals surface area (Å²) in [6.07, 6.45) is 7.60. The Bertz CT molecular complexity index is 1290. The predicted molar refractivity (Wildman–Crippen MR) is 170 cm³/mol. The molecule has 6 heteroatoms. The van der Waals surface area contributed by atoms with Gasteiger partial charge in [-0.25, -0.2) is 8.78 Å². The maximum Gasteiger partial charge on any atom is 0.190 e. The van der Waals surface area contributed by atoms with Gasteiger partial charge in [0.2, 0.25) is 0 Å². The summed E-state index contributed by atoms with van der Waals surface area (Å²) < 4.78 is 34.8. The van der Waals surface area contributed by atoms with Crippen LogP contribution in [-0.4, -0.2) is 30.7 Å². The van der Waals surface area contributed by atoms with Crippen LogP contribution in [0.2, 0.25) is 0 Å². The zero-order chi connectivity index (χ0) is 30.9. The summed E-state index contributed by atoms with van der Waals surface area (Å²) in [5, 5.41) is 3.49. The number of halogens is 2. The van der Waals surface area contributed by atoms with Crippen molar-refractivity contribution in [2.24, 2.45) is 34.1 Å². The second-order valence-electron chi connectivity index (χ2n) is 14.5. The summed E-state index contributed by atoms with van der Waals surface area (Å²) in [6.45, 7) is 13.2. The van der Waals surface area contributed by atoms with Gasteiger partial charge in [-0.15, -0.1) is 0 Å². The van der Waals surface area contributed by atoms with Crippen molar-refractivity contribution >= 4 is 11.5 Å². The molecule has 43 heavy (non-hydrogen) atoms. The number of rotatable bonds is 9. The van der Waals surface area contributed by atoms with Crippen molar-refractivity contribution in [3.8, 4) is 5.75 Å². The quantitative estimate of drug-likeness (QED) is 0.297. The molecule has 3 atom stereocenters. The van der Waals surface area contributed by atoms with E-state index in [0.717, 1.165) is 45.2 Å². The first-order chi connectivity index (χ1) is 20.5. The fraction of sp³-hybridized carbons (Fsp3) is 0.622. The lowest BCUT2D eigenvalue weighted by Crippen LogP contribution is -2.44. The number of ether oxygens (including phenoxy) is 1. The molecule has 0 aromatic heterocycles. The SMILES string of the molecule is CCCNCc1ccc(C(C2CC2)C2CC(=O)C(c3cc(F)c(OC)c(F)c3)=NC3(CCC(C(C)(C)C)CC3)C2C)cc1. The van der Waals surface area contributed by atoms with Gasteiger partial charge in [0.15, 0.2) is 23.2 Å². The molecule has 3 aliphatic rings. The van der Waals surface area contributed by atoms with E-state index in [9.17, 15) is 13.6 Å². The highest BCUT2D eigenvalue weighted by atomic mass is 19.1. The van der Waals surface area contributed by atoms with Crippen LogP contribution in [-0.2, 0) is 11.3 Å². The van der Waals surface area contributed by atoms with E-state index < -0.39 is 22.9 Å². The minimum absolute atomic E-state index is 0.101. The van der Waals surface area contributed by atoms with E-state index in [-0.39, 0.29) is 40.2 Å². The number of hydrogen-bond donors (Lipinski definition) is 1. The molecular formula is C37H50F2N2O2. The topological polar surface area (TPSA) is 50.7 Å². The number of benzene rings is 2.